The van der Waals surface area contributed by atoms with Crippen molar-refractivity contribution in [3.05, 3.63) is 53.8 Å². The van der Waals surface area contributed by atoms with Crippen molar-refractivity contribution < 1.29 is 18.8 Å². The van der Waals surface area contributed by atoms with Crippen LogP contribution in [-0.2, 0) is 4.74 Å². The molecule has 1 aliphatic heterocycles. The minimum absolute atomic E-state index is 0.0780. The number of aromatic nitrogens is 1. The van der Waals surface area contributed by atoms with Gasteiger partial charge in [0, 0.05) is 5.39 Å². The number of aryl methyl sites for hydroxylation is 1. The summed E-state index contributed by atoms with van der Waals surface area (Å²) in [4.78, 5) is 19.0. The first-order valence-electron chi connectivity index (χ1n) is 9.37. The molecule has 4 rings (SSSR count). The summed E-state index contributed by atoms with van der Waals surface area (Å²) in [5.41, 5.74) is 2.08. The number of carbonyl (C=O) groups is 1. The van der Waals surface area contributed by atoms with Gasteiger partial charge in [-0.25, -0.2) is 4.98 Å². The maximum Gasteiger partial charge on any atom is 0.252 e. The molecule has 1 amide bonds. The molecule has 1 aliphatic rings. The van der Waals surface area contributed by atoms with E-state index in [2.05, 4.69) is 10.3 Å². The van der Waals surface area contributed by atoms with Gasteiger partial charge in [-0.3, -0.25) is 4.79 Å². The number of furan rings is 1. The van der Waals surface area contributed by atoms with E-state index in [0.717, 1.165) is 49.5 Å². The second-order valence-corrected chi connectivity index (χ2v) is 6.85. The third-order valence-corrected chi connectivity index (χ3v) is 4.92. The van der Waals surface area contributed by atoms with E-state index in [1.54, 1.807) is 0 Å². The maximum atomic E-state index is 12.9. The van der Waals surface area contributed by atoms with E-state index in [1.165, 1.54) is 4.90 Å². The fourth-order valence-electron chi connectivity index (χ4n) is 3.42. The Bertz CT molecular complexity index is 945. The van der Waals surface area contributed by atoms with Crippen molar-refractivity contribution in [2.45, 2.75) is 6.92 Å². The van der Waals surface area contributed by atoms with Crippen LogP contribution < -0.4 is 10.2 Å². The number of morpholine rings is 1. The van der Waals surface area contributed by atoms with Gasteiger partial charge in [0.25, 0.3) is 5.91 Å². The molecule has 1 aromatic carbocycles. The van der Waals surface area contributed by atoms with E-state index in [-0.39, 0.29) is 5.91 Å². The Morgan fingerprint density at radius 3 is 2.78 bits per heavy atom. The van der Waals surface area contributed by atoms with Crippen molar-refractivity contribution in [2.75, 3.05) is 39.4 Å². The van der Waals surface area contributed by atoms with Gasteiger partial charge in [-0.1, -0.05) is 18.2 Å². The number of para-hydroxylation sites is 1. The second kappa shape index (κ2) is 7.90. The molecule has 0 radical (unpaired) electrons. The molecular weight excluding hydrogens is 342 g/mol. The van der Waals surface area contributed by atoms with Crippen molar-refractivity contribution in [3.8, 4) is 11.5 Å². The zero-order chi connectivity index (χ0) is 18.6. The molecule has 27 heavy (non-hydrogen) atoms. The number of hydrogen-bond acceptors (Lipinski definition) is 4. The number of quaternary nitrogens is 1. The minimum atomic E-state index is -0.0780. The van der Waals surface area contributed by atoms with Crippen LogP contribution in [0.3, 0.4) is 0 Å². The average Bonchev–Trinajstić information content (AvgIpc) is 3.14. The Labute approximate surface area is 158 Å². The molecule has 0 atom stereocenters. The lowest BCUT2D eigenvalue weighted by Gasteiger charge is -2.23. The number of benzene rings is 1. The Balaban J connectivity index is 1.56. The monoisotopic (exact) mass is 366 g/mol. The molecule has 3 aromatic rings. The fraction of sp³-hybridized carbons (Fsp3) is 0.333. The van der Waals surface area contributed by atoms with Crippen LogP contribution in [0.2, 0.25) is 0 Å². The average molecular weight is 366 g/mol. The molecule has 6 heteroatoms. The Hall–Kier alpha value is -2.70. The number of carbonyl (C=O) groups excluding carboxylic acids is 1. The molecule has 1 saturated heterocycles. The van der Waals surface area contributed by atoms with Gasteiger partial charge in [0.05, 0.1) is 37.4 Å². The SMILES string of the molecule is Cc1ccc(-c2cc(C(=O)NCC[NH+]3CCOCC3)c3ccccc3n2)o1. The molecule has 2 aromatic heterocycles. The van der Waals surface area contributed by atoms with E-state index in [4.69, 9.17) is 9.15 Å². The normalized spacial score (nSPS) is 15.1. The molecule has 1 fully saturated rings. The molecule has 0 saturated carbocycles. The number of rotatable bonds is 5. The largest absolute Gasteiger partial charge is 0.460 e. The number of fused-ring (bicyclic) bond motifs is 1. The number of nitrogens with zero attached hydrogens (tertiary/aromatic N) is 1. The molecule has 0 bridgehead atoms. The van der Waals surface area contributed by atoms with Crippen LogP contribution in [-0.4, -0.2) is 50.3 Å². The van der Waals surface area contributed by atoms with Crippen LogP contribution >= 0.6 is 0 Å². The molecule has 0 aliphatic carbocycles. The molecule has 0 unspecified atom stereocenters. The summed E-state index contributed by atoms with van der Waals surface area (Å²) < 4.78 is 11.1. The maximum absolute atomic E-state index is 12.9. The van der Waals surface area contributed by atoms with Crippen LogP contribution in [0.25, 0.3) is 22.4 Å². The molecule has 3 heterocycles. The van der Waals surface area contributed by atoms with Crippen molar-refractivity contribution in [1.82, 2.24) is 10.3 Å². The van der Waals surface area contributed by atoms with Crippen LogP contribution in [0.1, 0.15) is 16.1 Å². The van der Waals surface area contributed by atoms with Crippen molar-refractivity contribution in [2.24, 2.45) is 0 Å². The predicted octanol–water partition coefficient (Wildman–Crippen LogP) is 1.45. The lowest BCUT2D eigenvalue weighted by molar-refractivity contribution is -0.906. The Kier molecular flexibility index (Phi) is 5.18. The molecule has 6 nitrogen and oxygen atoms in total. The standard InChI is InChI=1S/C21H23N3O3/c1-15-6-7-20(27-15)19-14-17(16-4-2-3-5-18(16)23-19)21(25)22-8-9-24-10-12-26-13-11-24/h2-7,14H,8-13H2,1H3,(H,22,25)/p+1. The molecule has 140 valence electrons. The number of hydrogen-bond donors (Lipinski definition) is 2. The zero-order valence-electron chi connectivity index (χ0n) is 15.5. The van der Waals surface area contributed by atoms with Gasteiger partial charge >= 0.3 is 0 Å². The highest BCUT2D eigenvalue weighted by molar-refractivity contribution is 6.07. The van der Waals surface area contributed by atoms with Gasteiger partial charge in [0.1, 0.15) is 24.5 Å². The summed E-state index contributed by atoms with van der Waals surface area (Å²) in [6.45, 7) is 7.02. The smallest absolute Gasteiger partial charge is 0.252 e. The van der Waals surface area contributed by atoms with E-state index in [9.17, 15) is 4.79 Å². The van der Waals surface area contributed by atoms with Gasteiger partial charge in [0.2, 0.25) is 0 Å². The minimum Gasteiger partial charge on any atom is -0.460 e. The van der Waals surface area contributed by atoms with Gasteiger partial charge in [-0.05, 0) is 31.2 Å². The summed E-state index contributed by atoms with van der Waals surface area (Å²) >= 11 is 0. The Morgan fingerprint density at radius 2 is 2.00 bits per heavy atom. The van der Waals surface area contributed by atoms with E-state index < -0.39 is 0 Å². The first-order valence-corrected chi connectivity index (χ1v) is 9.37. The second-order valence-electron chi connectivity index (χ2n) is 6.85. The number of nitrogens with one attached hydrogen (secondary N) is 2. The topological polar surface area (TPSA) is 68.8 Å². The number of amides is 1. The van der Waals surface area contributed by atoms with Gasteiger partial charge in [-0.15, -0.1) is 0 Å². The lowest BCUT2D eigenvalue weighted by atomic mass is 10.1. The summed E-state index contributed by atoms with van der Waals surface area (Å²) in [5.74, 6) is 1.41. The highest BCUT2D eigenvalue weighted by Crippen LogP contribution is 2.26. The van der Waals surface area contributed by atoms with Gasteiger partial charge in [0.15, 0.2) is 5.76 Å². The number of pyridine rings is 1. The van der Waals surface area contributed by atoms with E-state index >= 15 is 0 Å². The highest BCUT2D eigenvalue weighted by atomic mass is 16.5. The third kappa shape index (κ3) is 4.02. The molecule has 0 spiro atoms. The third-order valence-electron chi connectivity index (χ3n) is 4.92. The Morgan fingerprint density at radius 1 is 1.19 bits per heavy atom. The first-order chi connectivity index (χ1) is 13.2. The van der Waals surface area contributed by atoms with Gasteiger partial charge < -0.3 is 19.4 Å². The van der Waals surface area contributed by atoms with Crippen molar-refractivity contribution in [1.29, 1.82) is 0 Å². The zero-order valence-corrected chi connectivity index (χ0v) is 15.5. The van der Waals surface area contributed by atoms with Gasteiger partial charge in [-0.2, -0.15) is 0 Å². The fourth-order valence-corrected chi connectivity index (χ4v) is 3.42. The van der Waals surface area contributed by atoms with Crippen LogP contribution in [0.5, 0.6) is 0 Å². The summed E-state index contributed by atoms with van der Waals surface area (Å²) in [6, 6.07) is 13.3. The van der Waals surface area contributed by atoms with Crippen LogP contribution in [0.15, 0.2) is 46.9 Å². The summed E-state index contributed by atoms with van der Waals surface area (Å²) in [6.07, 6.45) is 0. The lowest BCUT2D eigenvalue weighted by Crippen LogP contribution is -3.14. The summed E-state index contributed by atoms with van der Waals surface area (Å²) in [5, 5.41) is 3.91. The highest BCUT2D eigenvalue weighted by Gasteiger charge is 2.17. The van der Waals surface area contributed by atoms with Crippen LogP contribution in [0.4, 0.5) is 0 Å². The van der Waals surface area contributed by atoms with Crippen molar-refractivity contribution >= 4 is 16.8 Å². The first kappa shape index (κ1) is 17.7. The van der Waals surface area contributed by atoms with E-state index in [1.807, 2.05) is 49.4 Å². The van der Waals surface area contributed by atoms with Crippen molar-refractivity contribution in [3.63, 3.8) is 0 Å². The predicted molar refractivity (Wildman–Crippen MR) is 103 cm³/mol. The number of ether oxygens (including phenoxy) is 1. The molecule has 2 N–H and O–H groups in total. The summed E-state index contributed by atoms with van der Waals surface area (Å²) in [7, 11) is 0. The van der Waals surface area contributed by atoms with Crippen LogP contribution in [0, 0.1) is 6.92 Å². The molecular formula is C21H24N3O3+. The van der Waals surface area contributed by atoms with E-state index in [0.29, 0.717) is 23.6 Å². The quantitative estimate of drug-likeness (QED) is 0.717.